The first-order chi connectivity index (χ1) is 16.0. The second kappa shape index (κ2) is 9.51. The van der Waals surface area contributed by atoms with Crippen molar-refractivity contribution in [1.82, 2.24) is 10.6 Å². The summed E-state index contributed by atoms with van der Waals surface area (Å²) in [4.78, 5) is 27.9. The average molecular weight is 487 g/mol. The normalized spacial score (nSPS) is 23.9. The summed E-state index contributed by atoms with van der Waals surface area (Å²) >= 11 is 0. The number of rotatable bonds is 6. The summed E-state index contributed by atoms with van der Waals surface area (Å²) in [5.74, 6) is -1.02. The molecule has 0 unspecified atom stereocenters. The Labute approximate surface area is 211 Å². The molecule has 0 atom stereocenters. The van der Waals surface area contributed by atoms with Gasteiger partial charge in [0.2, 0.25) is 0 Å². The third-order valence-corrected chi connectivity index (χ3v) is 7.35. The van der Waals surface area contributed by atoms with Crippen LogP contribution in [-0.2, 0) is 24.5 Å². The zero-order valence-corrected chi connectivity index (χ0v) is 23.2. The Bertz CT molecular complexity index is 836. The molecule has 35 heavy (non-hydrogen) atoms. The lowest BCUT2D eigenvalue weighted by atomic mass is 9.76. The number of hydrogen-bond acceptors (Lipinski definition) is 6. The van der Waals surface area contributed by atoms with Gasteiger partial charge in [-0.25, -0.2) is 0 Å². The number of esters is 2. The fourth-order valence-corrected chi connectivity index (χ4v) is 6.66. The second-order valence-electron chi connectivity index (χ2n) is 13.3. The number of carbonyl (C=O) groups excluding carboxylic acids is 2. The minimum atomic E-state index is -1.50. The van der Waals surface area contributed by atoms with Crippen LogP contribution in [0.15, 0.2) is 30.3 Å². The van der Waals surface area contributed by atoms with Crippen LogP contribution < -0.4 is 10.6 Å². The van der Waals surface area contributed by atoms with E-state index in [0.717, 1.165) is 0 Å². The lowest BCUT2D eigenvalue weighted by molar-refractivity contribution is -0.176. The van der Waals surface area contributed by atoms with Crippen molar-refractivity contribution in [2.24, 2.45) is 0 Å². The highest BCUT2D eigenvalue weighted by atomic mass is 16.6. The van der Waals surface area contributed by atoms with Crippen LogP contribution in [0.1, 0.15) is 100.0 Å². The molecule has 0 spiro atoms. The van der Waals surface area contributed by atoms with Gasteiger partial charge in [0.15, 0.2) is 5.41 Å². The van der Waals surface area contributed by atoms with Gasteiger partial charge < -0.3 is 20.1 Å². The van der Waals surface area contributed by atoms with Crippen molar-refractivity contribution in [1.29, 1.82) is 0 Å². The molecule has 0 amide bonds. The highest BCUT2D eigenvalue weighted by Gasteiger charge is 2.52. The predicted molar refractivity (Wildman–Crippen MR) is 139 cm³/mol. The first kappa shape index (κ1) is 27.7. The maximum absolute atomic E-state index is 14.0. The van der Waals surface area contributed by atoms with E-state index in [9.17, 15) is 9.59 Å². The van der Waals surface area contributed by atoms with Gasteiger partial charge in [-0.1, -0.05) is 37.3 Å². The lowest BCUT2D eigenvalue weighted by Crippen LogP contribution is -2.61. The number of hydrogen-bond donors (Lipinski definition) is 2. The van der Waals surface area contributed by atoms with Crippen LogP contribution >= 0.6 is 0 Å². The van der Waals surface area contributed by atoms with Gasteiger partial charge in [0.1, 0.15) is 12.2 Å². The zero-order chi connectivity index (χ0) is 26.3. The quantitative estimate of drug-likeness (QED) is 0.433. The Morgan fingerprint density at radius 2 is 1.09 bits per heavy atom. The van der Waals surface area contributed by atoms with Crippen molar-refractivity contribution in [3.63, 3.8) is 0 Å². The van der Waals surface area contributed by atoms with Crippen LogP contribution in [0.3, 0.4) is 0 Å². The molecule has 2 aliphatic heterocycles. The fourth-order valence-electron chi connectivity index (χ4n) is 6.66. The summed E-state index contributed by atoms with van der Waals surface area (Å²) < 4.78 is 12.3. The highest BCUT2D eigenvalue weighted by molar-refractivity contribution is 6.06. The van der Waals surface area contributed by atoms with E-state index in [1.165, 1.54) is 0 Å². The maximum atomic E-state index is 14.0. The Hall–Kier alpha value is -1.92. The number of carbonyl (C=O) groups is 2. The number of nitrogens with one attached hydrogen (secondary N) is 2. The van der Waals surface area contributed by atoms with Crippen LogP contribution in [-0.4, -0.2) is 46.3 Å². The topological polar surface area (TPSA) is 76.7 Å². The van der Waals surface area contributed by atoms with Gasteiger partial charge >= 0.3 is 11.9 Å². The third-order valence-electron chi connectivity index (χ3n) is 7.35. The Morgan fingerprint density at radius 3 is 1.40 bits per heavy atom. The van der Waals surface area contributed by atoms with Gasteiger partial charge in [-0.15, -0.1) is 0 Å². The van der Waals surface area contributed by atoms with E-state index in [1.54, 1.807) is 0 Å². The van der Waals surface area contributed by atoms with Crippen LogP contribution in [0.25, 0.3) is 0 Å². The van der Waals surface area contributed by atoms with Crippen LogP contribution in [0, 0.1) is 0 Å². The minimum absolute atomic E-state index is 0.179. The minimum Gasteiger partial charge on any atom is -0.461 e. The van der Waals surface area contributed by atoms with E-state index in [4.69, 9.17) is 9.47 Å². The molecule has 1 aromatic rings. The molecule has 2 heterocycles. The Balaban J connectivity index is 1.92. The van der Waals surface area contributed by atoms with Gasteiger partial charge in [0.25, 0.3) is 0 Å². The molecule has 0 saturated carbocycles. The molecule has 6 heteroatoms. The number of piperidine rings is 2. The summed E-state index contributed by atoms with van der Waals surface area (Å²) in [6.45, 7) is 18.8. The van der Waals surface area contributed by atoms with E-state index in [2.05, 4.69) is 66.0 Å². The Kier molecular flexibility index (Phi) is 7.52. The van der Waals surface area contributed by atoms with E-state index in [-0.39, 0.29) is 40.8 Å². The molecule has 2 fully saturated rings. The molecule has 2 N–H and O–H groups in total. The molecule has 2 aliphatic rings. The molecule has 0 radical (unpaired) electrons. The van der Waals surface area contributed by atoms with Crippen molar-refractivity contribution in [2.45, 2.75) is 134 Å². The Morgan fingerprint density at radius 1 is 0.743 bits per heavy atom. The van der Waals surface area contributed by atoms with Gasteiger partial charge in [-0.2, -0.15) is 0 Å². The molecule has 0 bridgehead atoms. The van der Waals surface area contributed by atoms with Crippen molar-refractivity contribution in [3.05, 3.63) is 35.9 Å². The van der Waals surface area contributed by atoms with Crippen molar-refractivity contribution in [3.8, 4) is 0 Å². The van der Waals surface area contributed by atoms with Gasteiger partial charge in [-0.3, -0.25) is 9.59 Å². The average Bonchev–Trinajstić information content (AvgIpc) is 2.64. The lowest BCUT2D eigenvalue weighted by Gasteiger charge is -2.47. The van der Waals surface area contributed by atoms with Crippen molar-refractivity contribution in [2.75, 3.05) is 0 Å². The monoisotopic (exact) mass is 486 g/mol. The molecule has 0 aromatic heterocycles. The maximum Gasteiger partial charge on any atom is 0.328 e. The van der Waals surface area contributed by atoms with Crippen LogP contribution in [0.4, 0.5) is 0 Å². The predicted octanol–water partition coefficient (Wildman–Crippen LogP) is 5.04. The number of ether oxygens (including phenoxy) is 2. The van der Waals surface area contributed by atoms with Gasteiger partial charge in [0.05, 0.1) is 0 Å². The molecule has 1 aromatic carbocycles. The van der Waals surface area contributed by atoms with Crippen molar-refractivity contribution >= 4 is 11.9 Å². The second-order valence-corrected chi connectivity index (χ2v) is 13.3. The SMILES string of the molecule is CCC(C(=O)OC1CC(C)(C)NC(C)(C)C1)(C(=O)OC1CC(C)(C)NC(C)(C)C1)c1ccccc1. The largest absolute Gasteiger partial charge is 0.461 e. The van der Waals surface area contributed by atoms with Crippen LogP contribution in [0.2, 0.25) is 0 Å². The van der Waals surface area contributed by atoms with Gasteiger partial charge in [-0.05, 0) is 67.4 Å². The summed E-state index contributed by atoms with van der Waals surface area (Å²) in [7, 11) is 0. The van der Waals surface area contributed by atoms with E-state index in [0.29, 0.717) is 31.2 Å². The molecule has 196 valence electrons. The third kappa shape index (κ3) is 6.45. The molecule has 2 saturated heterocycles. The van der Waals surface area contributed by atoms with E-state index < -0.39 is 17.4 Å². The first-order valence-electron chi connectivity index (χ1n) is 13.1. The molecular weight excluding hydrogens is 440 g/mol. The zero-order valence-electron chi connectivity index (χ0n) is 23.2. The molecule has 6 nitrogen and oxygen atoms in total. The van der Waals surface area contributed by atoms with E-state index >= 15 is 0 Å². The smallest absolute Gasteiger partial charge is 0.328 e. The molecule has 3 rings (SSSR count). The summed E-state index contributed by atoms with van der Waals surface area (Å²) in [6.07, 6.45) is 2.43. The number of benzene rings is 1. The van der Waals surface area contributed by atoms with Crippen molar-refractivity contribution < 1.29 is 19.1 Å². The van der Waals surface area contributed by atoms with Gasteiger partial charge in [0, 0.05) is 47.8 Å². The summed E-state index contributed by atoms with van der Waals surface area (Å²) in [6, 6.07) is 9.26. The first-order valence-corrected chi connectivity index (χ1v) is 13.1. The summed E-state index contributed by atoms with van der Waals surface area (Å²) in [5.41, 5.74) is -1.60. The molecular formula is C29H46N2O4. The summed E-state index contributed by atoms with van der Waals surface area (Å²) in [5, 5.41) is 7.25. The fraction of sp³-hybridized carbons (Fsp3) is 0.724. The van der Waals surface area contributed by atoms with Crippen LogP contribution in [0.5, 0.6) is 0 Å². The highest BCUT2D eigenvalue weighted by Crippen LogP contribution is 2.38. The molecule has 0 aliphatic carbocycles. The van der Waals surface area contributed by atoms with E-state index in [1.807, 2.05) is 37.3 Å². The standard InChI is InChI=1S/C29H46N2O4/c1-10-29(20-14-12-11-13-15-20,23(32)34-21-16-25(2,3)30-26(4,5)17-21)24(33)35-22-18-27(6,7)31-28(8,9)19-22/h11-15,21-22,30-31H,10,16-19H2,1-9H3.